The van der Waals surface area contributed by atoms with E-state index in [1.54, 1.807) is 0 Å². The summed E-state index contributed by atoms with van der Waals surface area (Å²) in [6, 6.07) is 6.82. The molecule has 0 saturated heterocycles. The first kappa shape index (κ1) is 18.1. The van der Waals surface area contributed by atoms with Gasteiger partial charge in [0, 0.05) is 31.4 Å². The van der Waals surface area contributed by atoms with Crippen LogP contribution in [0, 0.1) is 12.3 Å². The van der Waals surface area contributed by atoms with Crippen molar-refractivity contribution in [1.82, 2.24) is 15.2 Å². The molecule has 0 unspecified atom stereocenters. The first-order chi connectivity index (χ1) is 9.90. The van der Waals surface area contributed by atoms with Crippen LogP contribution < -0.4 is 5.32 Å². The van der Waals surface area contributed by atoms with E-state index < -0.39 is 0 Å². The average molecular weight is 291 g/mol. The Balaban J connectivity index is 2.65. The maximum absolute atomic E-state index is 4.61. The van der Waals surface area contributed by atoms with Crippen LogP contribution in [-0.2, 0) is 6.54 Å². The predicted octanol–water partition coefficient (Wildman–Crippen LogP) is 3.63. The molecule has 1 aromatic rings. The number of rotatable bonds is 9. The molecule has 0 fully saturated rings. The Hall–Kier alpha value is -0.930. The van der Waals surface area contributed by atoms with Gasteiger partial charge in [-0.25, -0.2) is 0 Å². The Kier molecular flexibility index (Phi) is 7.33. The van der Waals surface area contributed by atoms with Gasteiger partial charge < -0.3 is 5.32 Å². The number of aryl methyl sites for hydroxylation is 1. The molecule has 1 heterocycles. The molecule has 3 nitrogen and oxygen atoms in total. The van der Waals surface area contributed by atoms with Crippen LogP contribution >= 0.6 is 0 Å². The molecule has 21 heavy (non-hydrogen) atoms. The summed E-state index contributed by atoms with van der Waals surface area (Å²) in [4.78, 5) is 7.03. The first-order valence-corrected chi connectivity index (χ1v) is 8.25. The summed E-state index contributed by atoms with van der Waals surface area (Å²) >= 11 is 0. The van der Waals surface area contributed by atoms with Crippen LogP contribution in [0.25, 0.3) is 0 Å². The molecule has 0 spiro atoms. The third kappa shape index (κ3) is 6.15. The zero-order valence-electron chi connectivity index (χ0n) is 14.7. The van der Waals surface area contributed by atoms with E-state index in [2.05, 4.69) is 75.1 Å². The SMILES string of the molecule is CCC(CC)(CNC(C)C)CN(C)Cc1cccc(C)n1. The van der Waals surface area contributed by atoms with Crippen LogP contribution in [0.15, 0.2) is 18.2 Å². The van der Waals surface area contributed by atoms with Gasteiger partial charge in [-0.2, -0.15) is 0 Å². The van der Waals surface area contributed by atoms with E-state index in [9.17, 15) is 0 Å². The largest absolute Gasteiger partial charge is 0.314 e. The fourth-order valence-electron chi connectivity index (χ4n) is 2.79. The minimum absolute atomic E-state index is 0.350. The molecule has 0 amide bonds. The van der Waals surface area contributed by atoms with Crippen molar-refractivity contribution in [3.05, 3.63) is 29.6 Å². The van der Waals surface area contributed by atoms with Crippen molar-refractivity contribution >= 4 is 0 Å². The van der Waals surface area contributed by atoms with Gasteiger partial charge in [-0.15, -0.1) is 0 Å². The Morgan fingerprint density at radius 3 is 2.43 bits per heavy atom. The van der Waals surface area contributed by atoms with Crippen LogP contribution in [0.2, 0.25) is 0 Å². The molecule has 120 valence electrons. The highest BCUT2D eigenvalue weighted by Crippen LogP contribution is 2.27. The second kappa shape index (κ2) is 8.50. The van der Waals surface area contributed by atoms with Crippen molar-refractivity contribution in [2.45, 2.75) is 60.0 Å². The fourth-order valence-corrected chi connectivity index (χ4v) is 2.79. The van der Waals surface area contributed by atoms with E-state index in [4.69, 9.17) is 0 Å². The van der Waals surface area contributed by atoms with Crippen LogP contribution in [0.5, 0.6) is 0 Å². The molecule has 1 aromatic heterocycles. The Morgan fingerprint density at radius 2 is 1.90 bits per heavy atom. The predicted molar refractivity (Wildman–Crippen MR) is 91.5 cm³/mol. The van der Waals surface area contributed by atoms with Crippen molar-refractivity contribution < 1.29 is 0 Å². The van der Waals surface area contributed by atoms with E-state index in [-0.39, 0.29) is 0 Å². The molecule has 0 atom stereocenters. The maximum Gasteiger partial charge on any atom is 0.0547 e. The molecule has 0 aromatic carbocycles. The molecule has 0 aliphatic heterocycles. The highest BCUT2D eigenvalue weighted by Gasteiger charge is 2.27. The summed E-state index contributed by atoms with van der Waals surface area (Å²) in [7, 11) is 2.21. The summed E-state index contributed by atoms with van der Waals surface area (Å²) in [6.45, 7) is 14.2. The van der Waals surface area contributed by atoms with Crippen LogP contribution in [0.1, 0.15) is 51.9 Å². The fraction of sp³-hybridized carbons (Fsp3) is 0.722. The molecule has 1 N–H and O–H groups in total. The average Bonchev–Trinajstić information content (AvgIpc) is 2.43. The number of nitrogens with one attached hydrogen (secondary N) is 1. The summed E-state index contributed by atoms with van der Waals surface area (Å²) in [5.41, 5.74) is 2.61. The topological polar surface area (TPSA) is 28.2 Å². The van der Waals surface area contributed by atoms with Gasteiger partial charge in [-0.3, -0.25) is 9.88 Å². The number of hydrogen-bond acceptors (Lipinski definition) is 3. The van der Waals surface area contributed by atoms with Crippen LogP contribution in [-0.4, -0.2) is 36.1 Å². The van der Waals surface area contributed by atoms with E-state index in [1.807, 2.05) is 0 Å². The second-order valence-corrected chi connectivity index (χ2v) is 6.69. The third-order valence-corrected chi connectivity index (χ3v) is 4.37. The molecule has 0 aliphatic carbocycles. The molecule has 1 rings (SSSR count). The Labute approximate surface area is 131 Å². The standard InChI is InChI=1S/C18H33N3/c1-7-18(8-2,13-19-15(3)4)14-21(6)12-17-11-9-10-16(5)20-17/h9-11,15,19H,7-8,12-14H2,1-6H3. The van der Waals surface area contributed by atoms with E-state index in [1.165, 1.54) is 12.8 Å². The Bertz CT molecular complexity index is 411. The van der Waals surface area contributed by atoms with Gasteiger partial charge in [0.15, 0.2) is 0 Å². The highest BCUT2D eigenvalue weighted by atomic mass is 15.1. The molecule has 0 aliphatic rings. The maximum atomic E-state index is 4.61. The number of hydrogen-bond donors (Lipinski definition) is 1. The molecule has 0 saturated carbocycles. The summed E-state index contributed by atoms with van der Waals surface area (Å²) in [5.74, 6) is 0. The monoisotopic (exact) mass is 291 g/mol. The number of nitrogens with zero attached hydrogens (tertiary/aromatic N) is 2. The first-order valence-electron chi connectivity index (χ1n) is 8.25. The second-order valence-electron chi connectivity index (χ2n) is 6.69. The molecular weight excluding hydrogens is 258 g/mol. The molecule has 0 radical (unpaired) electrons. The molecule has 3 heteroatoms. The lowest BCUT2D eigenvalue weighted by Gasteiger charge is -2.36. The minimum Gasteiger partial charge on any atom is -0.314 e. The quantitative estimate of drug-likeness (QED) is 0.753. The van der Waals surface area contributed by atoms with Gasteiger partial charge in [-0.1, -0.05) is 33.8 Å². The van der Waals surface area contributed by atoms with Crippen molar-refractivity contribution in [1.29, 1.82) is 0 Å². The van der Waals surface area contributed by atoms with Crippen LogP contribution in [0.3, 0.4) is 0 Å². The zero-order chi connectivity index (χ0) is 15.9. The third-order valence-electron chi connectivity index (χ3n) is 4.37. The smallest absolute Gasteiger partial charge is 0.0547 e. The normalized spacial score (nSPS) is 12.4. The summed E-state index contributed by atoms with van der Waals surface area (Å²) in [5, 5.41) is 3.62. The van der Waals surface area contributed by atoms with Crippen molar-refractivity contribution in [3.8, 4) is 0 Å². The Morgan fingerprint density at radius 1 is 1.24 bits per heavy atom. The van der Waals surface area contributed by atoms with Gasteiger partial charge in [0.05, 0.1) is 5.69 Å². The van der Waals surface area contributed by atoms with Gasteiger partial charge in [-0.05, 0) is 44.4 Å². The highest BCUT2D eigenvalue weighted by molar-refractivity contribution is 5.09. The van der Waals surface area contributed by atoms with E-state index >= 15 is 0 Å². The molecular formula is C18H33N3. The lowest BCUT2D eigenvalue weighted by Crippen LogP contribution is -2.44. The summed E-state index contributed by atoms with van der Waals surface area (Å²) < 4.78 is 0. The van der Waals surface area contributed by atoms with Crippen molar-refractivity contribution in [3.63, 3.8) is 0 Å². The van der Waals surface area contributed by atoms with Gasteiger partial charge in [0.2, 0.25) is 0 Å². The van der Waals surface area contributed by atoms with Gasteiger partial charge in [0.25, 0.3) is 0 Å². The number of pyridine rings is 1. The lowest BCUT2D eigenvalue weighted by molar-refractivity contribution is 0.147. The van der Waals surface area contributed by atoms with E-state index in [0.29, 0.717) is 11.5 Å². The van der Waals surface area contributed by atoms with E-state index in [0.717, 1.165) is 31.0 Å². The van der Waals surface area contributed by atoms with Gasteiger partial charge >= 0.3 is 0 Å². The van der Waals surface area contributed by atoms with Crippen molar-refractivity contribution in [2.75, 3.05) is 20.1 Å². The lowest BCUT2D eigenvalue weighted by atomic mass is 9.81. The van der Waals surface area contributed by atoms with Gasteiger partial charge in [0.1, 0.15) is 0 Å². The molecule has 0 bridgehead atoms. The summed E-state index contributed by atoms with van der Waals surface area (Å²) in [6.07, 6.45) is 2.41. The zero-order valence-corrected chi connectivity index (χ0v) is 14.7. The minimum atomic E-state index is 0.350. The number of aromatic nitrogens is 1. The van der Waals surface area contributed by atoms with Crippen LogP contribution in [0.4, 0.5) is 0 Å². The van der Waals surface area contributed by atoms with Crippen molar-refractivity contribution in [2.24, 2.45) is 5.41 Å².